The summed E-state index contributed by atoms with van der Waals surface area (Å²) >= 11 is 0. The molecule has 0 spiro atoms. The molecule has 78 valence electrons. The van der Waals surface area contributed by atoms with Gasteiger partial charge in [0.05, 0.1) is 0 Å². The van der Waals surface area contributed by atoms with E-state index in [0.717, 1.165) is 12.1 Å². The average molecular weight is 204 g/mol. The van der Waals surface area contributed by atoms with Gasteiger partial charge in [-0.3, -0.25) is 4.79 Å². The van der Waals surface area contributed by atoms with Crippen molar-refractivity contribution >= 4 is 0 Å². The first-order valence-corrected chi connectivity index (χ1v) is 4.78. The van der Waals surface area contributed by atoms with Gasteiger partial charge < -0.3 is 9.55 Å². The van der Waals surface area contributed by atoms with E-state index in [1.54, 1.807) is 6.20 Å². The first-order valence-electron chi connectivity index (χ1n) is 4.78. The van der Waals surface area contributed by atoms with Crippen LogP contribution in [-0.4, -0.2) is 19.5 Å². The minimum atomic E-state index is -0.139. The first-order chi connectivity index (χ1) is 7.20. The highest BCUT2D eigenvalue weighted by Gasteiger charge is 2.07. The zero-order valence-electron chi connectivity index (χ0n) is 8.69. The van der Waals surface area contributed by atoms with Gasteiger partial charge >= 0.3 is 0 Å². The van der Waals surface area contributed by atoms with Gasteiger partial charge in [-0.2, -0.15) is 0 Å². The largest absolute Gasteiger partial charge is 0.331 e. The second-order valence-corrected chi connectivity index (χ2v) is 3.30. The molecule has 0 saturated carbocycles. The van der Waals surface area contributed by atoms with Crippen molar-refractivity contribution in [3.8, 4) is 11.6 Å². The number of nitrogens with zero attached hydrogens (tertiary/aromatic N) is 3. The molecule has 0 unspecified atom stereocenters. The van der Waals surface area contributed by atoms with E-state index >= 15 is 0 Å². The summed E-state index contributed by atoms with van der Waals surface area (Å²) in [5, 5.41) is 0. The lowest BCUT2D eigenvalue weighted by Crippen LogP contribution is -2.11. The van der Waals surface area contributed by atoms with Crippen LogP contribution < -0.4 is 5.56 Å². The molecular weight excluding hydrogens is 192 g/mol. The van der Waals surface area contributed by atoms with Crippen molar-refractivity contribution in [2.24, 2.45) is 7.05 Å². The Kier molecular flexibility index (Phi) is 2.37. The van der Waals surface area contributed by atoms with Crippen LogP contribution in [0.2, 0.25) is 0 Å². The van der Waals surface area contributed by atoms with E-state index in [0.29, 0.717) is 11.6 Å². The summed E-state index contributed by atoms with van der Waals surface area (Å²) in [7, 11) is 1.86. The highest BCUT2D eigenvalue weighted by molar-refractivity contribution is 5.43. The standard InChI is InChI=1S/C10H12N4O/c1-3-7-6-8(15)13-9(12-7)10-11-4-5-14(10)2/h4-6H,3H2,1-2H3,(H,12,13,15). The highest BCUT2D eigenvalue weighted by atomic mass is 16.1. The average Bonchev–Trinajstić information content (AvgIpc) is 2.63. The summed E-state index contributed by atoms with van der Waals surface area (Å²) in [6.45, 7) is 1.96. The monoisotopic (exact) mass is 204 g/mol. The van der Waals surface area contributed by atoms with Gasteiger partial charge in [0, 0.05) is 31.2 Å². The minimum Gasteiger partial charge on any atom is -0.331 e. The van der Waals surface area contributed by atoms with E-state index in [-0.39, 0.29) is 5.56 Å². The maximum atomic E-state index is 11.3. The Labute approximate surface area is 86.8 Å². The topological polar surface area (TPSA) is 63.6 Å². The smallest absolute Gasteiger partial charge is 0.251 e. The molecule has 15 heavy (non-hydrogen) atoms. The van der Waals surface area contributed by atoms with E-state index in [9.17, 15) is 4.79 Å². The van der Waals surface area contributed by atoms with Gasteiger partial charge in [-0.15, -0.1) is 0 Å². The van der Waals surface area contributed by atoms with Crippen molar-refractivity contribution in [2.75, 3.05) is 0 Å². The lowest BCUT2D eigenvalue weighted by atomic mass is 10.3. The number of nitrogens with one attached hydrogen (secondary N) is 1. The fourth-order valence-electron chi connectivity index (χ4n) is 1.39. The Balaban J connectivity index is 2.58. The molecule has 2 rings (SSSR count). The highest BCUT2D eigenvalue weighted by Crippen LogP contribution is 2.09. The third kappa shape index (κ3) is 1.81. The molecule has 2 aromatic heterocycles. The summed E-state index contributed by atoms with van der Waals surface area (Å²) < 4.78 is 1.82. The van der Waals surface area contributed by atoms with Gasteiger partial charge in [0.15, 0.2) is 11.6 Å². The third-order valence-electron chi connectivity index (χ3n) is 2.19. The van der Waals surface area contributed by atoms with E-state index < -0.39 is 0 Å². The zero-order chi connectivity index (χ0) is 10.8. The van der Waals surface area contributed by atoms with Crippen LogP contribution in [0.25, 0.3) is 11.6 Å². The number of aromatic amines is 1. The van der Waals surface area contributed by atoms with Crippen LogP contribution in [-0.2, 0) is 13.5 Å². The number of H-pyrrole nitrogens is 1. The normalized spacial score (nSPS) is 10.5. The molecule has 0 aromatic carbocycles. The van der Waals surface area contributed by atoms with Crippen LogP contribution in [0.5, 0.6) is 0 Å². The van der Waals surface area contributed by atoms with Gasteiger partial charge in [-0.05, 0) is 6.42 Å². The molecule has 0 aliphatic rings. The Hall–Kier alpha value is -1.91. The summed E-state index contributed by atoms with van der Waals surface area (Å²) in [4.78, 5) is 22.5. The van der Waals surface area contributed by atoms with Gasteiger partial charge in [0.25, 0.3) is 5.56 Å². The lowest BCUT2D eigenvalue weighted by Gasteiger charge is -2.02. The summed E-state index contributed by atoms with van der Waals surface area (Å²) in [5.41, 5.74) is 0.636. The number of imidazole rings is 1. The van der Waals surface area contributed by atoms with Crippen LogP contribution in [0.15, 0.2) is 23.3 Å². The Morgan fingerprint density at radius 3 is 2.93 bits per heavy atom. The van der Waals surface area contributed by atoms with Crippen LogP contribution in [0.4, 0.5) is 0 Å². The van der Waals surface area contributed by atoms with E-state index in [1.807, 2.05) is 24.7 Å². The summed E-state index contributed by atoms with van der Waals surface area (Å²) in [5.74, 6) is 1.19. The van der Waals surface area contributed by atoms with Crippen molar-refractivity contribution in [3.63, 3.8) is 0 Å². The fourth-order valence-corrected chi connectivity index (χ4v) is 1.39. The summed E-state index contributed by atoms with van der Waals surface area (Å²) in [6, 6.07) is 1.51. The molecule has 0 amide bonds. The minimum absolute atomic E-state index is 0.139. The molecule has 2 aromatic rings. The van der Waals surface area contributed by atoms with Crippen molar-refractivity contribution in [1.29, 1.82) is 0 Å². The van der Waals surface area contributed by atoms with E-state index in [1.165, 1.54) is 6.07 Å². The molecule has 0 aliphatic heterocycles. The van der Waals surface area contributed by atoms with Crippen molar-refractivity contribution in [1.82, 2.24) is 19.5 Å². The number of hydrogen-bond donors (Lipinski definition) is 1. The Morgan fingerprint density at radius 1 is 1.53 bits per heavy atom. The van der Waals surface area contributed by atoms with Gasteiger partial charge in [-0.25, -0.2) is 9.97 Å². The molecule has 5 heteroatoms. The molecule has 0 atom stereocenters. The van der Waals surface area contributed by atoms with Gasteiger partial charge in [0.1, 0.15) is 0 Å². The molecule has 0 aliphatic carbocycles. The molecule has 2 heterocycles. The van der Waals surface area contributed by atoms with E-state index in [4.69, 9.17) is 0 Å². The SMILES string of the molecule is CCc1cc(=O)[nH]c(-c2nccn2C)n1. The lowest BCUT2D eigenvalue weighted by molar-refractivity contribution is 0.890. The second kappa shape index (κ2) is 3.68. The number of rotatable bonds is 2. The van der Waals surface area contributed by atoms with Crippen molar-refractivity contribution in [3.05, 3.63) is 34.5 Å². The molecular formula is C10H12N4O. The maximum absolute atomic E-state index is 11.3. The number of hydrogen-bond acceptors (Lipinski definition) is 3. The molecule has 0 bridgehead atoms. The molecule has 1 N–H and O–H groups in total. The molecule has 0 saturated heterocycles. The van der Waals surface area contributed by atoms with Crippen LogP contribution in [0, 0.1) is 0 Å². The van der Waals surface area contributed by atoms with Gasteiger partial charge in [0.2, 0.25) is 0 Å². The van der Waals surface area contributed by atoms with Crippen LogP contribution in [0.1, 0.15) is 12.6 Å². The van der Waals surface area contributed by atoms with Crippen LogP contribution >= 0.6 is 0 Å². The molecule has 5 nitrogen and oxygen atoms in total. The van der Waals surface area contributed by atoms with E-state index in [2.05, 4.69) is 15.0 Å². The first kappa shape index (κ1) is 9.64. The maximum Gasteiger partial charge on any atom is 0.251 e. The predicted octanol–water partition coefficient (Wildman–Crippen LogP) is 0.733. The Bertz CT molecular complexity index is 526. The van der Waals surface area contributed by atoms with Crippen LogP contribution in [0.3, 0.4) is 0 Å². The Morgan fingerprint density at radius 2 is 2.33 bits per heavy atom. The zero-order valence-corrected chi connectivity index (χ0v) is 8.69. The third-order valence-corrected chi connectivity index (χ3v) is 2.19. The number of aryl methyl sites for hydroxylation is 2. The second-order valence-electron chi connectivity index (χ2n) is 3.30. The van der Waals surface area contributed by atoms with Crippen molar-refractivity contribution in [2.45, 2.75) is 13.3 Å². The van der Waals surface area contributed by atoms with Crippen molar-refractivity contribution < 1.29 is 0 Å². The predicted molar refractivity (Wildman–Crippen MR) is 56.4 cm³/mol. The quantitative estimate of drug-likeness (QED) is 0.784. The summed E-state index contributed by atoms with van der Waals surface area (Å²) in [6.07, 6.45) is 4.23. The number of aromatic nitrogens is 4. The molecule has 0 fully saturated rings. The van der Waals surface area contributed by atoms with Gasteiger partial charge in [-0.1, -0.05) is 6.92 Å². The fraction of sp³-hybridized carbons (Fsp3) is 0.300. The molecule has 0 radical (unpaired) electrons.